The van der Waals surface area contributed by atoms with Gasteiger partial charge in [-0.2, -0.15) is 5.10 Å². The lowest BCUT2D eigenvalue weighted by molar-refractivity contribution is 0.291. The van der Waals surface area contributed by atoms with E-state index in [2.05, 4.69) is 22.5 Å². The Balaban J connectivity index is 2.28. The summed E-state index contributed by atoms with van der Waals surface area (Å²) in [7, 11) is 1.60. The smallest absolute Gasteiger partial charge is 0.214 e. The van der Waals surface area contributed by atoms with Crippen LogP contribution in [0.1, 0.15) is 24.7 Å². The van der Waals surface area contributed by atoms with E-state index in [1.165, 1.54) is 0 Å². The van der Waals surface area contributed by atoms with Gasteiger partial charge in [0.05, 0.1) is 20.3 Å². The number of benzene rings is 1. The van der Waals surface area contributed by atoms with Crippen molar-refractivity contribution in [3.05, 3.63) is 33.3 Å². The number of aromatic amines is 1. The first-order valence-electron chi connectivity index (χ1n) is 6.94. The number of hydrogen-bond donors (Lipinski definition) is 2. The van der Waals surface area contributed by atoms with Crippen LogP contribution in [0.15, 0.2) is 12.1 Å². The molecule has 0 bridgehead atoms. The molecule has 120 valence electrons. The van der Waals surface area contributed by atoms with Gasteiger partial charge in [-0.3, -0.25) is 5.10 Å². The van der Waals surface area contributed by atoms with Crippen LogP contribution in [0.2, 0.25) is 5.02 Å². The number of ether oxygens (including phenoxy) is 2. The van der Waals surface area contributed by atoms with Gasteiger partial charge in [-0.25, -0.2) is 4.68 Å². The average Bonchev–Trinajstić information content (AvgIpc) is 2.82. The molecule has 1 aromatic heterocycles. The number of methoxy groups -OCH3 is 1. The van der Waals surface area contributed by atoms with E-state index in [1.54, 1.807) is 17.9 Å². The van der Waals surface area contributed by atoms with Crippen molar-refractivity contribution in [2.45, 2.75) is 26.8 Å². The minimum atomic E-state index is 0.477. The van der Waals surface area contributed by atoms with Crippen molar-refractivity contribution in [2.75, 3.05) is 19.1 Å². The summed E-state index contributed by atoms with van der Waals surface area (Å²) >= 11 is 11.3. The molecule has 0 amide bonds. The zero-order chi connectivity index (χ0) is 16.1. The van der Waals surface area contributed by atoms with Gasteiger partial charge in [0.25, 0.3) is 0 Å². The van der Waals surface area contributed by atoms with Crippen LogP contribution >= 0.6 is 23.8 Å². The number of nitrogens with one attached hydrogen (secondary N) is 2. The number of aryl methyl sites for hydroxylation is 1. The summed E-state index contributed by atoms with van der Waals surface area (Å²) in [5.41, 5.74) is 4.09. The van der Waals surface area contributed by atoms with E-state index in [-0.39, 0.29) is 0 Å². The molecule has 0 saturated carbocycles. The standard InChI is InChI=1S/C14H19ClN4O2S/c1-4-5-21-13-10(6-11(15)7-12(13)20-3)8-16-19-9(2)17-18-14(19)22/h6-7,16H,4-5,8H2,1-3H3,(H,18,22). The Bertz CT molecular complexity index is 699. The molecule has 2 rings (SSSR count). The van der Waals surface area contributed by atoms with E-state index in [0.717, 1.165) is 17.8 Å². The third-order valence-corrected chi connectivity index (χ3v) is 3.53. The minimum absolute atomic E-state index is 0.477. The molecule has 0 aliphatic carbocycles. The molecule has 2 N–H and O–H groups in total. The Labute approximate surface area is 139 Å². The summed E-state index contributed by atoms with van der Waals surface area (Å²) in [6.45, 7) is 4.99. The van der Waals surface area contributed by atoms with E-state index in [9.17, 15) is 0 Å². The molecule has 0 radical (unpaired) electrons. The predicted molar refractivity (Wildman–Crippen MR) is 89.0 cm³/mol. The Morgan fingerprint density at radius 1 is 1.45 bits per heavy atom. The van der Waals surface area contributed by atoms with Crippen LogP contribution in [0.3, 0.4) is 0 Å². The van der Waals surface area contributed by atoms with E-state index in [0.29, 0.717) is 34.4 Å². The molecule has 0 unspecified atom stereocenters. The monoisotopic (exact) mass is 342 g/mol. The van der Waals surface area contributed by atoms with Crippen LogP contribution < -0.4 is 14.9 Å². The van der Waals surface area contributed by atoms with Gasteiger partial charge in [-0.1, -0.05) is 18.5 Å². The molecule has 0 spiro atoms. The summed E-state index contributed by atoms with van der Waals surface area (Å²) in [5.74, 6) is 2.05. The second-order valence-corrected chi connectivity index (χ2v) is 5.51. The van der Waals surface area contributed by atoms with Gasteiger partial charge < -0.3 is 14.9 Å². The normalized spacial score (nSPS) is 10.5. The molecule has 6 nitrogen and oxygen atoms in total. The van der Waals surface area contributed by atoms with Crippen molar-refractivity contribution in [1.82, 2.24) is 14.9 Å². The molecule has 1 aromatic carbocycles. The van der Waals surface area contributed by atoms with Crippen molar-refractivity contribution in [3.63, 3.8) is 0 Å². The fraction of sp³-hybridized carbons (Fsp3) is 0.429. The van der Waals surface area contributed by atoms with Crippen LogP contribution in [0, 0.1) is 11.7 Å². The lowest BCUT2D eigenvalue weighted by Gasteiger charge is -2.16. The minimum Gasteiger partial charge on any atom is -0.493 e. The Kier molecular flexibility index (Phi) is 5.68. The van der Waals surface area contributed by atoms with E-state index >= 15 is 0 Å². The average molecular weight is 343 g/mol. The van der Waals surface area contributed by atoms with E-state index < -0.39 is 0 Å². The topological polar surface area (TPSA) is 64.1 Å². The highest BCUT2D eigenvalue weighted by Gasteiger charge is 2.13. The molecule has 0 atom stereocenters. The van der Waals surface area contributed by atoms with Crippen LogP contribution in [-0.2, 0) is 6.54 Å². The fourth-order valence-corrected chi connectivity index (χ4v) is 2.47. The number of H-pyrrole nitrogens is 1. The first-order valence-corrected chi connectivity index (χ1v) is 7.72. The second-order valence-electron chi connectivity index (χ2n) is 4.69. The summed E-state index contributed by atoms with van der Waals surface area (Å²) < 4.78 is 13.4. The van der Waals surface area contributed by atoms with Gasteiger partial charge in [0, 0.05) is 16.7 Å². The molecule has 0 saturated heterocycles. The molecule has 8 heteroatoms. The molecule has 1 heterocycles. The van der Waals surface area contributed by atoms with Crippen LogP contribution in [0.5, 0.6) is 11.5 Å². The van der Waals surface area contributed by atoms with Gasteiger partial charge in [-0.15, -0.1) is 0 Å². The van der Waals surface area contributed by atoms with Gasteiger partial charge in [0.2, 0.25) is 4.77 Å². The number of aromatic nitrogens is 3. The lowest BCUT2D eigenvalue weighted by Crippen LogP contribution is -2.17. The molecule has 0 aliphatic heterocycles. The Morgan fingerprint density at radius 3 is 2.82 bits per heavy atom. The van der Waals surface area contributed by atoms with Crippen molar-refractivity contribution in [1.29, 1.82) is 0 Å². The maximum atomic E-state index is 6.15. The summed E-state index contributed by atoms with van der Waals surface area (Å²) in [6, 6.07) is 3.59. The highest BCUT2D eigenvalue weighted by molar-refractivity contribution is 7.71. The molecule has 0 aliphatic rings. The second kappa shape index (κ2) is 7.51. The first kappa shape index (κ1) is 16.6. The number of nitrogens with zero attached hydrogens (tertiary/aromatic N) is 2. The highest BCUT2D eigenvalue weighted by Crippen LogP contribution is 2.35. The molecule has 22 heavy (non-hydrogen) atoms. The van der Waals surface area contributed by atoms with Gasteiger partial charge in [-0.05, 0) is 31.6 Å². The first-order chi connectivity index (χ1) is 10.6. The predicted octanol–water partition coefficient (Wildman–Crippen LogP) is 3.44. The van der Waals surface area contributed by atoms with Crippen LogP contribution in [0.4, 0.5) is 0 Å². The maximum Gasteiger partial charge on any atom is 0.214 e. The van der Waals surface area contributed by atoms with Gasteiger partial charge in [0.15, 0.2) is 11.5 Å². The number of rotatable bonds is 7. The SMILES string of the molecule is CCCOc1c(CNn2c(C)n[nH]c2=S)cc(Cl)cc1OC. The largest absolute Gasteiger partial charge is 0.493 e. The number of hydrogen-bond acceptors (Lipinski definition) is 5. The Morgan fingerprint density at radius 2 is 2.23 bits per heavy atom. The summed E-state index contributed by atoms with van der Waals surface area (Å²) in [4.78, 5) is 0. The fourth-order valence-electron chi connectivity index (χ4n) is 2.00. The lowest BCUT2D eigenvalue weighted by atomic mass is 10.2. The van der Waals surface area contributed by atoms with Crippen molar-refractivity contribution in [2.24, 2.45) is 0 Å². The summed E-state index contributed by atoms with van der Waals surface area (Å²) in [5, 5.41) is 7.37. The van der Waals surface area contributed by atoms with Gasteiger partial charge >= 0.3 is 0 Å². The molecule has 0 fully saturated rings. The van der Waals surface area contributed by atoms with E-state index in [1.807, 2.05) is 13.0 Å². The number of halogens is 1. The zero-order valence-electron chi connectivity index (χ0n) is 12.8. The Hall–Kier alpha value is -1.73. The third kappa shape index (κ3) is 3.72. The summed E-state index contributed by atoms with van der Waals surface area (Å²) in [6.07, 6.45) is 0.907. The van der Waals surface area contributed by atoms with Gasteiger partial charge in [0.1, 0.15) is 5.82 Å². The molecular weight excluding hydrogens is 324 g/mol. The quantitative estimate of drug-likeness (QED) is 0.754. The third-order valence-electron chi connectivity index (χ3n) is 3.03. The highest BCUT2D eigenvalue weighted by atomic mass is 35.5. The maximum absolute atomic E-state index is 6.15. The van der Waals surface area contributed by atoms with Crippen LogP contribution in [0.25, 0.3) is 0 Å². The van der Waals surface area contributed by atoms with Crippen molar-refractivity contribution in [3.8, 4) is 11.5 Å². The van der Waals surface area contributed by atoms with Crippen LogP contribution in [-0.4, -0.2) is 28.6 Å². The van der Waals surface area contributed by atoms with Crippen molar-refractivity contribution < 1.29 is 9.47 Å². The molecule has 2 aromatic rings. The molecular formula is C14H19ClN4O2S. The zero-order valence-corrected chi connectivity index (χ0v) is 14.3. The van der Waals surface area contributed by atoms with E-state index in [4.69, 9.17) is 33.3 Å². The van der Waals surface area contributed by atoms with Crippen molar-refractivity contribution >= 4 is 23.8 Å².